The van der Waals surface area contributed by atoms with Gasteiger partial charge in [0.2, 0.25) is 0 Å². The Morgan fingerprint density at radius 3 is 2.56 bits per heavy atom. The van der Waals surface area contributed by atoms with Crippen LogP contribution in [-0.2, 0) is 6.42 Å². The van der Waals surface area contributed by atoms with Crippen LogP contribution < -0.4 is 0 Å². The second-order valence-corrected chi connectivity index (χ2v) is 5.91. The molecule has 0 fully saturated rings. The van der Waals surface area contributed by atoms with Crippen molar-refractivity contribution in [3.63, 3.8) is 0 Å². The molecule has 1 N–H and O–H groups in total. The average Bonchev–Trinajstić information content (AvgIpc) is 3.01. The number of pyridine rings is 1. The van der Waals surface area contributed by atoms with Gasteiger partial charge in [0.1, 0.15) is 0 Å². The zero-order valence-electron chi connectivity index (χ0n) is 13.5. The summed E-state index contributed by atoms with van der Waals surface area (Å²) in [6.07, 6.45) is 2.55. The van der Waals surface area contributed by atoms with Crippen molar-refractivity contribution >= 4 is 11.5 Å². The van der Waals surface area contributed by atoms with Gasteiger partial charge in [-0.05, 0) is 29.8 Å². The Hall–Kier alpha value is -3.40. The molecule has 0 aliphatic carbocycles. The number of benzene rings is 2. The number of aromatic nitrogens is 2. The fourth-order valence-electron chi connectivity index (χ4n) is 3.07. The Bertz CT molecular complexity index is 1050. The van der Waals surface area contributed by atoms with Crippen LogP contribution >= 0.6 is 0 Å². The van der Waals surface area contributed by atoms with Crippen LogP contribution in [0.2, 0.25) is 0 Å². The van der Waals surface area contributed by atoms with Crippen molar-refractivity contribution in [1.29, 1.82) is 0 Å². The molecule has 2 heterocycles. The van der Waals surface area contributed by atoms with Crippen molar-refractivity contribution in [1.82, 2.24) is 9.61 Å². The van der Waals surface area contributed by atoms with Crippen molar-refractivity contribution in [2.24, 2.45) is 0 Å². The van der Waals surface area contributed by atoms with Gasteiger partial charge in [-0.15, -0.1) is 0 Å². The van der Waals surface area contributed by atoms with E-state index >= 15 is 0 Å². The minimum atomic E-state index is -0.912. The van der Waals surface area contributed by atoms with E-state index in [0.717, 1.165) is 27.9 Å². The first-order chi connectivity index (χ1) is 12.2. The van der Waals surface area contributed by atoms with Crippen molar-refractivity contribution in [3.8, 4) is 11.3 Å². The largest absolute Gasteiger partial charge is 0.478 e. The number of aromatic carboxylic acids is 1. The zero-order chi connectivity index (χ0) is 17.2. The van der Waals surface area contributed by atoms with E-state index < -0.39 is 5.97 Å². The summed E-state index contributed by atoms with van der Waals surface area (Å²) in [4.78, 5) is 11.2. The molecular weight excluding hydrogens is 312 g/mol. The molecule has 4 aromatic rings. The third-order valence-corrected chi connectivity index (χ3v) is 4.24. The van der Waals surface area contributed by atoms with Gasteiger partial charge in [0.15, 0.2) is 0 Å². The highest BCUT2D eigenvalue weighted by Gasteiger charge is 2.15. The summed E-state index contributed by atoms with van der Waals surface area (Å²) in [5.41, 5.74) is 5.35. The second kappa shape index (κ2) is 6.24. The van der Waals surface area contributed by atoms with E-state index in [0.29, 0.717) is 12.0 Å². The molecule has 0 amide bonds. The van der Waals surface area contributed by atoms with Gasteiger partial charge >= 0.3 is 5.97 Å². The number of carboxylic acid groups (broad SMARTS) is 1. The lowest BCUT2D eigenvalue weighted by atomic mass is 9.98. The van der Waals surface area contributed by atoms with E-state index in [1.165, 1.54) is 0 Å². The Morgan fingerprint density at radius 1 is 0.960 bits per heavy atom. The first-order valence-corrected chi connectivity index (χ1v) is 8.06. The molecule has 0 atom stereocenters. The summed E-state index contributed by atoms with van der Waals surface area (Å²) in [6.45, 7) is 0. The average molecular weight is 328 g/mol. The molecule has 4 heteroatoms. The molecule has 0 saturated carbocycles. The van der Waals surface area contributed by atoms with E-state index in [-0.39, 0.29) is 0 Å². The van der Waals surface area contributed by atoms with Crippen LogP contribution in [0.15, 0.2) is 79.0 Å². The molecule has 0 saturated heterocycles. The van der Waals surface area contributed by atoms with E-state index in [4.69, 9.17) is 5.10 Å². The molecule has 0 bridgehead atoms. The van der Waals surface area contributed by atoms with Crippen LogP contribution in [-0.4, -0.2) is 20.7 Å². The van der Waals surface area contributed by atoms with Gasteiger partial charge in [-0.25, -0.2) is 9.31 Å². The highest BCUT2D eigenvalue weighted by atomic mass is 16.4. The Kier molecular flexibility index (Phi) is 3.78. The summed E-state index contributed by atoms with van der Waals surface area (Å²) in [6, 6.07) is 23.1. The topological polar surface area (TPSA) is 54.6 Å². The number of carboxylic acids is 1. The summed E-state index contributed by atoms with van der Waals surface area (Å²) in [5, 5.41) is 14.0. The first-order valence-electron chi connectivity index (χ1n) is 8.06. The zero-order valence-corrected chi connectivity index (χ0v) is 13.5. The predicted molar refractivity (Wildman–Crippen MR) is 96.8 cm³/mol. The predicted octanol–water partition coefficient (Wildman–Crippen LogP) is 4.29. The smallest absolute Gasteiger partial charge is 0.335 e. The Labute approximate surface area is 145 Å². The number of hydrogen-bond acceptors (Lipinski definition) is 2. The highest BCUT2D eigenvalue weighted by molar-refractivity contribution is 5.87. The molecule has 0 aliphatic rings. The molecule has 4 nitrogen and oxygen atoms in total. The third kappa shape index (κ3) is 2.90. The maximum atomic E-state index is 11.2. The molecule has 2 aromatic carbocycles. The van der Waals surface area contributed by atoms with Gasteiger partial charge in [0, 0.05) is 23.7 Å². The quantitative estimate of drug-likeness (QED) is 0.608. The lowest BCUT2D eigenvalue weighted by Crippen LogP contribution is -1.98. The standard InChI is InChI=1S/C21H16N2O2/c24-21(25)17-10-6-7-15(13-17)14-18-19-11-4-5-12-23(19)22-20(18)16-8-2-1-3-9-16/h1-13H,14H2,(H,24,25). The number of hydrogen-bond donors (Lipinski definition) is 1. The molecule has 0 unspecified atom stereocenters. The Balaban J connectivity index is 1.86. The van der Waals surface area contributed by atoms with Gasteiger partial charge in [0.05, 0.1) is 16.8 Å². The van der Waals surface area contributed by atoms with Crippen molar-refractivity contribution in [2.75, 3.05) is 0 Å². The monoisotopic (exact) mass is 328 g/mol. The van der Waals surface area contributed by atoms with Crippen molar-refractivity contribution in [2.45, 2.75) is 6.42 Å². The lowest BCUT2D eigenvalue weighted by molar-refractivity contribution is 0.0697. The van der Waals surface area contributed by atoms with Crippen molar-refractivity contribution < 1.29 is 9.90 Å². The minimum absolute atomic E-state index is 0.301. The fraction of sp³-hybridized carbons (Fsp3) is 0.0476. The molecule has 0 radical (unpaired) electrons. The summed E-state index contributed by atoms with van der Waals surface area (Å²) < 4.78 is 1.87. The maximum Gasteiger partial charge on any atom is 0.335 e. The molecule has 122 valence electrons. The van der Waals surface area contributed by atoms with Gasteiger partial charge in [0.25, 0.3) is 0 Å². The normalized spacial score (nSPS) is 10.9. The second-order valence-electron chi connectivity index (χ2n) is 5.91. The van der Waals surface area contributed by atoms with E-state index in [1.54, 1.807) is 18.2 Å². The number of carbonyl (C=O) groups is 1. The van der Waals surface area contributed by atoms with Crippen molar-refractivity contribution in [3.05, 3.63) is 95.7 Å². The number of fused-ring (bicyclic) bond motifs is 1. The van der Waals surface area contributed by atoms with Gasteiger partial charge < -0.3 is 5.11 Å². The maximum absolute atomic E-state index is 11.2. The Morgan fingerprint density at radius 2 is 1.76 bits per heavy atom. The summed E-state index contributed by atoms with van der Waals surface area (Å²) in [5.74, 6) is -0.912. The summed E-state index contributed by atoms with van der Waals surface area (Å²) >= 11 is 0. The number of nitrogens with zero attached hydrogens (tertiary/aromatic N) is 2. The third-order valence-electron chi connectivity index (χ3n) is 4.24. The molecular formula is C21H16N2O2. The van der Waals surface area contributed by atoms with Crippen LogP contribution in [0, 0.1) is 0 Å². The molecule has 2 aromatic heterocycles. The van der Waals surface area contributed by atoms with Crippen LogP contribution in [0.4, 0.5) is 0 Å². The summed E-state index contributed by atoms with van der Waals surface area (Å²) in [7, 11) is 0. The van der Waals surface area contributed by atoms with Gasteiger partial charge in [-0.2, -0.15) is 5.10 Å². The van der Waals surface area contributed by atoms with Crippen LogP contribution in [0.5, 0.6) is 0 Å². The fourth-order valence-corrected chi connectivity index (χ4v) is 3.07. The SMILES string of the molecule is O=C(O)c1cccc(Cc2c(-c3ccccc3)nn3ccccc23)c1. The van der Waals surface area contributed by atoms with Gasteiger partial charge in [-0.1, -0.05) is 48.5 Å². The van der Waals surface area contributed by atoms with Crippen LogP contribution in [0.3, 0.4) is 0 Å². The molecule has 4 rings (SSSR count). The molecule has 25 heavy (non-hydrogen) atoms. The van der Waals surface area contributed by atoms with Crippen LogP contribution in [0.1, 0.15) is 21.5 Å². The number of rotatable bonds is 4. The van der Waals surface area contributed by atoms with Crippen LogP contribution in [0.25, 0.3) is 16.8 Å². The van der Waals surface area contributed by atoms with Gasteiger partial charge in [-0.3, -0.25) is 0 Å². The molecule has 0 spiro atoms. The molecule has 0 aliphatic heterocycles. The highest BCUT2D eigenvalue weighted by Crippen LogP contribution is 2.28. The van der Waals surface area contributed by atoms with E-state index in [9.17, 15) is 9.90 Å². The first kappa shape index (κ1) is 15.1. The minimum Gasteiger partial charge on any atom is -0.478 e. The lowest BCUT2D eigenvalue weighted by Gasteiger charge is -2.05. The van der Waals surface area contributed by atoms with E-state index in [2.05, 4.69) is 0 Å². The van der Waals surface area contributed by atoms with E-state index in [1.807, 2.05) is 65.3 Å².